The minimum absolute atomic E-state index is 0.0776. The summed E-state index contributed by atoms with van der Waals surface area (Å²) in [4.78, 5) is 21.7. The number of aliphatic carboxylic acids is 1. The molecule has 7 heteroatoms. The Labute approximate surface area is 122 Å². The molecule has 0 radical (unpaired) electrons. The molecule has 0 fully saturated rings. The smallest absolute Gasteiger partial charge is 0.329 e. The first-order valence-electron chi connectivity index (χ1n) is 6.44. The first-order chi connectivity index (χ1) is 10.1. The average molecular weight is 297 g/mol. The van der Waals surface area contributed by atoms with E-state index < -0.39 is 24.8 Å². The number of hydrogen-bond donors (Lipinski definition) is 2. The fourth-order valence-electron chi connectivity index (χ4n) is 1.44. The van der Waals surface area contributed by atoms with Gasteiger partial charge in [0.15, 0.2) is 0 Å². The SMILES string of the molecule is NC(CC(=O)OCc1ccccc1)OCCOCC(=O)O. The van der Waals surface area contributed by atoms with Crippen molar-refractivity contribution in [3.05, 3.63) is 35.9 Å². The third-order valence-electron chi connectivity index (χ3n) is 2.40. The van der Waals surface area contributed by atoms with Crippen molar-refractivity contribution in [2.45, 2.75) is 19.3 Å². The predicted octanol–water partition coefficient (Wildman–Crippen LogP) is 0.522. The lowest BCUT2D eigenvalue weighted by Crippen LogP contribution is -2.29. The molecule has 1 unspecified atom stereocenters. The lowest BCUT2D eigenvalue weighted by Gasteiger charge is -2.12. The number of benzene rings is 1. The highest BCUT2D eigenvalue weighted by Gasteiger charge is 2.11. The Kier molecular flexibility index (Phi) is 8.03. The molecule has 21 heavy (non-hydrogen) atoms. The molecule has 0 aliphatic rings. The summed E-state index contributed by atoms with van der Waals surface area (Å²) in [5.41, 5.74) is 6.48. The lowest BCUT2D eigenvalue weighted by molar-refractivity contribution is -0.148. The van der Waals surface area contributed by atoms with Gasteiger partial charge in [0.1, 0.15) is 19.4 Å². The maximum Gasteiger partial charge on any atom is 0.329 e. The van der Waals surface area contributed by atoms with E-state index in [1.165, 1.54) is 0 Å². The lowest BCUT2D eigenvalue weighted by atomic mass is 10.2. The van der Waals surface area contributed by atoms with E-state index in [1.54, 1.807) is 0 Å². The van der Waals surface area contributed by atoms with E-state index >= 15 is 0 Å². The maximum absolute atomic E-state index is 11.5. The molecule has 0 saturated heterocycles. The summed E-state index contributed by atoms with van der Waals surface area (Å²) in [5.74, 6) is -1.51. The van der Waals surface area contributed by atoms with Gasteiger partial charge >= 0.3 is 11.9 Å². The number of carboxylic acid groups (broad SMARTS) is 1. The maximum atomic E-state index is 11.5. The zero-order chi connectivity index (χ0) is 15.5. The van der Waals surface area contributed by atoms with Crippen molar-refractivity contribution in [3.8, 4) is 0 Å². The molecule has 1 atom stereocenters. The molecule has 0 aliphatic carbocycles. The van der Waals surface area contributed by atoms with Crippen LogP contribution < -0.4 is 5.73 Å². The number of carboxylic acids is 1. The molecule has 0 spiro atoms. The molecule has 3 N–H and O–H groups in total. The van der Waals surface area contributed by atoms with Gasteiger partial charge in [-0.05, 0) is 5.56 Å². The van der Waals surface area contributed by atoms with E-state index in [2.05, 4.69) is 0 Å². The molecule has 1 aromatic rings. The Morgan fingerprint density at radius 3 is 2.57 bits per heavy atom. The Bertz CT molecular complexity index is 436. The van der Waals surface area contributed by atoms with Gasteiger partial charge in [0.25, 0.3) is 0 Å². The van der Waals surface area contributed by atoms with Crippen molar-refractivity contribution in [1.29, 1.82) is 0 Å². The molecule has 0 aromatic heterocycles. The van der Waals surface area contributed by atoms with Gasteiger partial charge < -0.3 is 25.1 Å². The molecular weight excluding hydrogens is 278 g/mol. The highest BCUT2D eigenvalue weighted by molar-refractivity contribution is 5.69. The van der Waals surface area contributed by atoms with E-state index in [1.807, 2.05) is 30.3 Å². The predicted molar refractivity (Wildman–Crippen MR) is 73.2 cm³/mol. The summed E-state index contributed by atoms with van der Waals surface area (Å²) >= 11 is 0. The van der Waals surface area contributed by atoms with E-state index in [9.17, 15) is 9.59 Å². The average Bonchev–Trinajstić information content (AvgIpc) is 2.45. The van der Waals surface area contributed by atoms with Crippen LogP contribution in [0.1, 0.15) is 12.0 Å². The van der Waals surface area contributed by atoms with Crippen molar-refractivity contribution in [2.24, 2.45) is 5.73 Å². The molecule has 0 aliphatic heterocycles. The summed E-state index contributed by atoms with van der Waals surface area (Å²) in [6.45, 7) is 0.00526. The minimum Gasteiger partial charge on any atom is -0.480 e. The number of rotatable bonds is 10. The van der Waals surface area contributed by atoms with Gasteiger partial charge in [-0.15, -0.1) is 0 Å². The first kappa shape index (κ1) is 17.1. The summed E-state index contributed by atoms with van der Waals surface area (Å²) in [6.07, 6.45) is -0.882. The van der Waals surface area contributed by atoms with Crippen LogP contribution in [-0.4, -0.2) is 43.1 Å². The van der Waals surface area contributed by atoms with Crippen LogP contribution in [-0.2, 0) is 30.4 Å². The Morgan fingerprint density at radius 1 is 1.19 bits per heavy atom. The van der Waals surface area contributed by atoms with Crippen LogP contribution in [0.3, 0.4) is 0 Å². The van der Waals surface area contributed by atoms with Gasteiger partial charge in [-0.1, -0.05) is 30.3 Å². The number of nitrogens with two attached hydrogens (primary N) is 1. The Hall–Kier alpha value is -1.96. The standard InChI is InChI=1S/C14H19NO6/c15-12(20-7-6-19-10-13(16)17)8-14(18)21-9-11-4-2-1-3-5-11/h1-5,12H,6-10,15H2,(H,16,17). The van der Waals surface area contributed by atoms with Crippen molar-refractivity contribution < 1.29 is 28.9 Å². The minimum atomic E-state index is -1.05. The third kappa shape index (κ3) is 8.74. The normalized spacial score (nSPS) is 11.9. The quantitative estimate of drug-likeness (QED) is 0.368. The summed E-state index contributed by atoms with van der Waals surface area (Å²) in [5, 5.41) is 8.34. The molecule has 0 saturated carbocycles. The van der Waals surface area contributed by atoms with Crippen molar-refractivity contribution >= 4 is 11.9 Å². The highest BCUT2D eigenvalue weighted by atomic mass is 16.6. The van der Waals surface area contributed by atoms with Gasteiger partial charge in [-0.2, -0.15) is 0 Å². The summed E-state index contributed by atoms with van der Waals surface area (Å²) < 4.78 is 14.9. The molecule has 0 heterocycles. The topological polar surface area (TPSA) is 108 Å². The zero-order valence-electron chi connectivity index (χ0n) is 11.6. The van der Waals surface area contributed by atoms with E-state index in [0.717, 1.165) is 5.56 Å². The fourth-order valence-corrected chi connectivity index (χ4v) is 1.44. The number of carbonyl (C=O) groups excluding carboxylic acids is 1. The molecule has 0 bridgehead atoms. The van der Waals surface area contributed by atoms with E-state index in [-0.39, 0.29) is 26.2 Å². The van der Waals surface area contributed by atoms with Crippen molar-refractivity contribution in [3.63, 3.8) is 0 Å². The molecule has 1 rings (SSSR count). The summed E-state index contributed by atoms with van der Waals surface area (Å²) in [6, 6.07) is 9.29. The number of esters is 1. The van der Waals surface area contributed by atoms with Gasteiger partial charge in [0, 0.05) is 0 Å². The van der Waals surface area contributed by atoms with Crippen LogP contribution in [0.2, 0.25) is 0 Å². The molecule has 7 nitrogen and oxygen atoms in total. The van der Waals surface area contributed by atoms with Gasteiger partial charge in [0.2, 0.25) is 0 Å². The van der Waals surface area contributed by atoms with Crippen molar-refractivity contribution in [1.82, 2.24) is 0 Å². The summed E-state index contributed by atoms with van der Waals surface area (Å²) in [7, 11) is 0. The molecule has 1 aromatic carbocycles. The monoisotopic (exact) mass is 297 g/mol. The number of ether oxygens (including phenoxy) is 3. The van der Waals surface area contributed by atoms with Gasteiger partial charge in [0.05, 0.1) is 19.6 Å². The Morgan fingerprint density at radius 2 is 1.90 bits per heavy atom. The van der Waals surface area contributed by atoms with Crippen LogP contribution in [0.15, 0.2) is 30.3 Å². The number of carbonyl (C=O) groups is 2. The van der Waals surface area contributed by atoms with Crippen molar-refractivity contribution in [2.75, 3.05) is 19.8 Å². The molecular formula is C14H19NO6. The Balaban J connectivity index is 2.09. The van der Waals surface area contributed by atoms with Crippen LogP contribution in [0.5, 0.6) is 0 Å². The number of hydrogen-bond acceptors (Lipinski definition) is 6. The molecule has 0 amide bonds. The van der Waals surface area contributed by atoms with E-state index in [0.29, 0.717) is 0 Å². The zero-order valence-corrected chi connectivity index (χ0v) is 11.6. The van der Waals surface area contributed by atoms with Gasteiger partial charge in [-0.3, -0.25) is 4.79 Å². The fraction of sp³-hybridized carbons (Fsp3) is 0.429. The van der Waals surface area contributed by atoms with Gasteiger partial charge in [-0.25, -0.2) is 4.79 Å². The second-order valence-corrected chi connectivity index (χ2v) is 4.21. The first-order valence-corrected chi connectivity index (χ1v) is 6.44. The molecule has 116 valence electrons. The van der Waals surface area contributed by atoms with Crippen LogP contribution in [0.4, 0.5) is 0 Å². The third-order valence-corrected chi connectivity index (χ3v) is 2.40. The highest BCUT2D eigenvalue weighted by Crippen LogP contribution is 2.02. The van der Waals surface area contributed by atoms with Crippen LogP contribution in [0, 0.1) is 0 Å². The van der Waals surface area contributed by atoms with E-state index in [4.69, 9.17) is 25.1 Å². The largest absolute Gasteiger partial charge is 0.480 e. The van der Waals surface area contributed by atoms with Crippen LogP contribution in [0.25, 0.3) is 0 Å². The second-order valence-electron chi connectivity index (χ2n) is 4.21. The second kappa shape index (κ2) is 9.87. The van der Waals surface area contributed by atoms with Crippen LogP contribution >= 0.6 is 0 Å².